The molecule has 12 N–H and O–H groups in total. The van der Waals surface area contributed by atoms with E-state index >= 15 is 0 Å². The molecule has 0 radical (unpaired) electrons. The lowest BCUT2D eigenvalue weighted by atomic mass is 9.96. The number of nitrogens with one attached hydrogen (secondary N) is 4. The molecule has 0 spiro atoms. The third-order valence-corrected chi connectivity index (χ3v) is 6.46. The van der Waals surface area contributed by atoms with Crippen LogP contribution in [-0.4, -0.2) is 89.1 Å². The molecule has 0 saturated carbocycles. The van der Waals surface area contributed by atoms with Gasteiger partial charge in [-0.1, -0.05) is 34.1 Å². The lowest BCUT2D eigenvalue weighted by molar-refractivity contribution is -0.143. The van der Waals surface area contributed by atoms with Gasteiger partial charge in [0.15, 0.2) is 0 Å². The van der Waals surface area contributed by atoms with Gasteiger partial charge in [0.2, 0.25) is 29.5 Å². The average Bonchev–Trinajstić information content (AvgIpc) is 2.89. The van der Waals surface area contributed by atoms with E-state index in [0.717, 1.165) is 0 Å². The SMILES string of the molecule is CCC(C)C(NC(=O)C(NC(=O)C(CCCCN)NC(=O)C(N)CCC(N)=O)C(C)C)C(=O)NC(CO)C(=O)O. The van der Waals surface area contributed by atoms with Crippen LogP contribution < -0.4 is 38.5 Å². The molecule has 0 aliphatic rings. The zero-order chi connectivity index (χ0) is 31.0. The Kier molecular flexibility index (Phi) is 17.3. The van der Waals surface area contributed by atoms with Crippen molar-refractivity contribution in [1.29, 1.82) is 0 Å². The number of nitrogens with two attached hydrogens (primary N) is 3. The average molecular weight is 574 g/mol. The number of carboxylic acid groups (broad SMARTS) is 1. The number of carbonyl (C=O) groups is 6. The molecule has 40 heavy (non-hydrogen) atoms. The van der Waals surface area contributed by atoms with Crippen LogP contribution in [0.1, 0.15) is 66.2 Å². The van der Waals surface area contributed by atoms with Gasteiger partial charge in [-0.15, -0.1) is 0 Å². The van der Waals surface area contributed by atoms with Crippen LogP contribution in [-0.2, 0) is 28.8 Å². The maximum Gasteiger partial charge on any atom is 0.328 e. The van der Waals surface area contributed by atoms with Crippen LogP contribution in [0.15, 0.2) is 0 Å². The number of carbonyl (C=O) groups excluding carboxylic acids is 5. The number of unbranched alkanes of at least 4 members (excludes halogenated alkanes) is 1. The van der Waals surface area contributed by atoms with Crippen LogP contribution in [0.2, 0.25) is 0 Å². The Labute approximate surface area is 234 Å². The number of carboxylic acids is 1. The fourth-order valence-electron chi connectivity index (χ4n) is 3.65. The van der Waals surface area contributed by atoms with Crippen LogP contribution in [0.3, 0.4) is 0 Å². The lowest BCUT2D eigenvalue weighted by Gasteiger charge is -2.30. The van der Waals surface area contributed by atoms with E-state index in [-0.39, 0.29) is 19.3 Å². The van der Waals surface area contributed by atoms with Gasteiger partial charge in [0.25, 0.3) is 0 Å². The standard InChI is InChI=1S/C25H47N7O8/c1-5-14(4)20(24(38)30-17(12-33)25(39)40)32-23(37)19(13(2)3)31-22(36)16(8-6-7-11-26)29-21(35)15(27)9-10-18(28)34/h13-17,19-20,33H,5-12,26-27H2,1-4H3,(H2,28,34)(H,29,35)(H,30,38)(H,31,36)(H,32,37)(H,39,40). The van der Waals surface area contributed by atoms with Crippen molar-refractivity contribution in [3.63, 3.8) is 0 Å². The summed E-state index contributed by atoms with van der Waals surface area (Å²) >= 11 is 0. The predicted molar refractivity (Wildman–Crippen MR) is 146 cm³/mol. The maximum absolute atomic E-state index is 13.3. The number of aliphatic carboxylic acids is 1. The van der Waals surface area contributed by atoms with Crippen LogP contribution in [0.4, 0.5) is 0 Å². The second kappa shape index (κ2) is 18.9. The fraction of sp³-hybridized carbons (Fsp3) is 0.760. The molecule has 0 bridgehead atoms. The summed E-state index contributed by atoms with van der Waals surface area (Å²) in [5, 5.41) is 28.4. The Morgan fingerprint density at radius 1 is 0.775 bits per heavy atom. The van der Waals surface area contributed by atoms with Gasteiger partial charge in [-0.05, 0) is 44.1 Å². The quantitative estimate of drug-likeness (QED) is 0.0686. The van der Waals surface area contributed by atoms with E-state index in [2.05, 4.69) is 21.3 Å². The zero-order valence-electron chi connectivity index (χ0n) is 23.8. The molecule has 0 aliphatic heterocycles. The van der Waals surface area contributed by atoms with E-state index in [0.29, 0.717) is 25.8 Å². The Morgan fingerprint density at radius 2 is 1.32 bits per heavy atom. The van der Waals surface area contributed by atoms with Crippen molar-refractivity contribution in [2.45, 2.75) is 96.4 Å². The minimum atomic E-state index is -1.55. The number of hydrogen-bond acceptors (Lipinski definition) is 9. The second-order valence-corrected chi connectivity index (χ2v) is 10.1. The summed E-state index contributed by atoms with van der Waals surface area (Å²) in [6.07, 6.45) is 1.63. The number of primary amides is 1. The smallest absolute Gasteiger partial charge is 0.328 e. The molecular weight excluding hydrogens is 526 g/mol. The minimum absolute atomic E-state index is 0.00653. The maximum atomic E-state index is 13.3. The molecule has 0 heterocycles. The summed E-state index contributed by atoms with van der Waals surface area (Å²) in [4.78, 5) is 74.1. The fourth-order valence-corrected chi connectivity index (χ4v) is 3.65. The largest absolute Gasteiger partial charge is 0.480 e. The van der Waals surface area contributed by atoms with Crippen LogP contribution in [0, 0.1) is 11.8 Å². The zero-order valence-corrected chi connectivity index (χ0v) is 23.8. The van der Waals surface area contributed by atoms with Crippen LogP contribution >= 0.6 is 0 Å². The van der Waals surface area contributed by atoms with Gasteiger partial charge < -0.3 is 48.7 Å². The molecule has 15 heteroatoms. The summed E-state index contributed by atoms with van der Waals surface area (Å²) in [6, 6.07) is -5.94. The first kappa shape index (κ1) is 36.7. The van der Waals surface area contributed by atoms with E-state index in [1.165, 1.54) is 0 Å². The van der Waals surface area contributed by atoms with Gasteiger partial charge in [-0.25, -0.2) is 4.79 Å². The molecule has 0 aromatic carbocycles. The number of aliphatic hydroxyl groups is 1. The van der Waals surface area contributed by atoms with E-state index in [1.807, 2.05) is 0 Å². The summed E-state index contributed by atoms with van der Waals surface area (Å²) in [5.41, 5.74) is 16.5. The molecule has 0 fully saturated rings. The summed E-state index contributed by atoms with van der Waals surface area (Å²) in [5.74, 6) is -5.71. The monoisotopic (exact) mass is 573 g/mol. The van der Waals surface area contributed by atoms with Gasteiger partial charge in [0, 0.05) is 6.42 Å². The van der Waals surface area contributed by atoms with Gasteiger partial charge in [0.1, 0.15) is 24.2 Å². The summed E-state index contributed by atoms with van der Waals surface area (Å²) < 4.78 is 0. The first-order chi connectivity index (χ1) is 18.7. The van der Waals surface area contributed by atoms with Gasteiger partial charge in [-0.2, -0.15) is 0 Å². The number of hydrogen-bond donors (Lipinski definition) is 9. The minimum Gasteiger partial charge on any atom is -0.480 e. The van der Waals surface area contributed by atoms with Crippen molar-refractivity contribution >= 4 is 35.5 Å². The van der Waals surface area contributed by atoms with Crippen molar-refractivity contribution in [3.05, 3.63) is 0 Å². The van der Waals surface area contributed by atoms with Crippen molar-refractivity contribution in [1.82, 2.24) is 21.3 Å². The molecule has 0 saturated heterocycles. The van der Waals surface area contributed by atoms with Gasteiger partial charge in [0.05, 0.1) is 12.6 Å². The summed E-state index contributed by atoms with van der Waals surface area (Å²) in [7, 11) is 0. The second-order valence-electron chi connectivity index (χ2n) is 10.1. The van der Waals surface area contributed by atoms with Gasteiger partial charge in [-0.3, -0.25) is 24.0 Å². The molecule has 230 valence electrons. The molecule has 0 rings (SSSR count). The molecule has 5 amide bonds. The molecule has 6 atom stereocenters. The molecule has 6 unspecified atom stereocenters. The Balaban J connectivity index is 5.73. The van der Waals surface area contributed by atoms with Crippen molar-refractivity contribution < 1.29 is 39.0 Å². The van der Waals surface area contributed by atoms with Crippen molar-refractivity contribution in [2.24, 2.45) is 29.0 Å². The Hall–Kier alpha value is -3.30. The van der Waals surface area contributed by atoms with E-state index < -0.39 is 84.2 Å². The summed E-state index contributed by atoms with van der Waals surface area (Å²) in [6.45, 7) is 6.36. The highest BCUT2D eigenvalue weighted by Crippen LogP contribution is 2.12. The molecule has 0 aromatic rings. The number of rotatable bonds is 20. The first-order valence-electron chi connectivity index (χ1n) is 13.5. The topological polar surface area (TPSA) is 269 Å². The number of aliphatic hydroxyl groups excluding tert-OH is 1. The normalized spacial score (nSPS) is 15.6. The van der Waals surface area contributed by atoms with Crippen molar-refractivity contribution in [3.8, 4) is 0 Å². The van der Waals surface area contributed by atoms with E-state index in [9.17, 15) is 33.9 Å². The predicted octanol–water partition coefficient (Wildman–Crippen LogP) is -2.57. The Bertz CT molecular complexity index is 870. The molecule has 0 aliphatic carbocycles. The first-order valence-corrected chi connectivity index (χ1v) is 13.5. The number of amides is 5. The molecule has 15 nitrogen and oxygen atoms in total. The van der Waals surface area contributed by atoms with Crippen molar-refractivity contribution in [2.75, 3.05) is 13.2 Å². The van der Waals surface area contributed by atoms with Crippen LogP contribution in [0.5, 0.6) is 0 Å². The van der Waals surface area contributed by atoms with E-state index in [4.69, 9.17) is 22.3 Å². The Morgan fingerprint density at radius 3 is 1.80 bits per heavy atom. The third-order valence-electron chi connectivity index (χ3n) is 6.46. The van der Waals surface area contributed by atoms with Crippen LogP contribution in [0.25, 0.3) is 0 Å². The van der Waals surface area contributed by atoms with Gasteiger partial charge >= 0.3 is 5.97 Å². The highest BCUT2D eigenvalue weighted by atomic mass is 16.4. The lowest BCUT2D eigenvalue weighted by Crippen LogP contribution is -2.60. The highest BCUT2D eigenvalue weighted by Gasteiger charge is 2.34. The molecular formula is C25H47N7O8. The third kappa shape index (κ3) is 13.2. The van der Waals surface area contributed by atoms with E-state index in [1.54, 1.807) is 27.7 Å². The highest BCUT2D eigenvalue weighted by molar-refractivity contribution is 5.95. The molecule has 0 aromatic heterocycles.